The van der Waals surface area contributed by atoms with Gasteiger partial charge in [-0.2, -0.15) is 0 Å². The van der Waals surface area contributed by atoms with Crippen molar-refractivity contribution in [2.24, 2.45) is 11.3 Å². The quantitative estimate of drug-likeness (QED) is 0.710. The molecule has 1 saturated carbocycles. The van der Waals surface area contributed by atoms with Crippen molar-refractivity contribution >= 4 is 0 Å². The number of nitrogens with one attached hydrogen (secondary N) is 1. The Kier molecular flexibility index (Phi) is 4.94. The van der Waals surface area contributed by atoms with Gasteiger partial charge in [0, 0.05) is 6.54 Å². The van der Waals surface area contributed by atoms with Gasteiger partial charge in [0.15, 0.2) is 0 Å². The van der Waals surface area contributed by atoms with E-state index in [1.54, 1.807) is 0 Å². The largest absolute Gasteiger partial charge is 0.319 e. The highest BCUT2D eigenvalue weighted by atomic mass is 14.8. The highest BCUT2D eigenvalue weighted by Gasteiger charge is 2.35. The maximum atomic E-state index is 3.42. The van der Waals surface area contributed by atoms with Crippen LogP contribution in [0.1, 0.15) is 58.8 Å². The van der Waals surface area contributed by atoms with Gasteiger partial charge >= 0.3 is 0 Å². The molecule has 0 spiro atoms. The third-order valence-corrected chi connectivity index (χ3v) is 4.15. The maximum absolute atomic E-state index is 3.42. The molecule has 1 unspecified atom stereocenters. The van der Waals surface area contributed by atoms with Crippen LogP contribution in [0.3, 0.4) is 0 Å². The van der Waals surface area contributed by atoms with Gasteiger partial charge in [0.1, 0.15) is 0 Å². The molecule has 14 heavy (non-hydrogen) atoms. The first kappa shape index (κ1) is 12.0. The van der Waals surface area contributed by atoms with Gasteiger partial charge < -0.3 is 5.32 Å². The summed E-state index contributed by atoms with van der Waals surface area (Å²) in [6.07, 6.45) is 10.0. The van der Waals surface area contributed by atoms with Crippen molar-refractivity contribution in [3.8, 4) is 0 Å². The Morgan fingerprint density at radius 3 is 2.36 bits per heavy atom. The van der Waals surface area contributed by atoms with E-state index in [1.807, 2.05) is 0 Å². The van der Waals surface area contributed by atoms with E-state index in [0.717, 1.165) is 5.92 Å². The highest BCUT2D eigenvalue weighted by Crippen LogP contribution is 2.43. The average Bonchev–Trinajstić information content (AvgIpc) is 2.20. The second kappa shape index (κ2) is 5.75. The standard InChI is InChI=1S/C13H27N/c1-4-8-12(2)13(11-14-3)9-6-5-7-10-13/h12,14H,4-11H2,1-3H3. The molecule has 0 heterocycles. The van der Waals surface area contributed by atoms with E-state index in [0.29, 0.717) is 5.41 Å². The summed E-state index contributed by atoms with van der Waals surface area (Å²) in [5, 5.41) is 3.42. The fraction of sp³-hybridized carbons (Fsp3) is 1.00. The maximum Gasteiger partial charge on any atom is 0.000736 e. The first-order valence-corrected chi connectivity index (χ1v) is 6.40. The lowest BCUT2D eigenvalue weighted by atomic mass is 9.65. The summed E-state index contributed by atoms with van der Waals surface area (Å²) < 4.78 is 0. The normalized spacial score (nSPS) is 23.4. The van der Waals surface area contributed by atoms with Crippen molar-refractivity contribution in [1.29, 1.82) is 0 Å². The van der Waals surface area contributed by atoms with Crippen LogP contribution >= 0.6 is 0 Å². The Balaban J connectivity index is 2.58. The molecule has 0 bridgehead atoms. The first-order chi connectivity index (χ1) is 6.75. The molecule has 0 saturated heterocycles. The summed E-state index contributed by atoms with van der Waals surface area (Å²) in [6, 6.07) is 0. The van der Waals surface area contributed by atoms with E-state index in [9.17, 15) is 0 Å². The van der Waals surface area contributed by atoms with Crippen LogP contribution in [-0.4, -0.2) is 13.6 Å². The van der Waals surface area contributed by atoms with Gasteiger partial charge in [-0.05, 0) is 31.2 Å². The molecule has 1 aliphatic rings. The van der Waals surface area contributed by atoms with Gasteiger partial charge in [0.25, 0.3) is 0 Å². The van der Waals surface area contributed by atoms with Crippen molar-refractivity contribution in [2.75, 3.05) is 13.6 Å². The van der Waals surface area contributed by atoms with Crippen LogP contribution in [0.15, 0.2) is 0 Å². The van der Waals surface area contributed by atoms with Gasteiger partial charge in [0.05, 0.1) is 0 Å². The minimum Gasteiger partial charge on any atom is -0.319 e. The SMILES string of the molecule is CCCC(C)C1(CNC)CCCCC1. The zero-order valence-corrected chi connectivity index (χ0v) is 10.2. The fourth-order valence-corrected chi connectivity index (χ4v) is 3.19. The van der Waals surface area contributed by atoms with Gasteiger partial charge in [-0.3, -0.25) is 0 Å². The Morgan fingerprint density at radius 1 is 1.21 bits per heavy atom. The van der Waals surface area contributed by atoms with Crippen LogP contribution in [0.5, 0.6) is 0 Å². The van der Waals surface area contributed by atoms with Crippen molar-refractivity contribution in [3.05, 3.63) is 0 Å². The topological polar surface area (TPSA) is 12.0 Å². The van der Waals surface area contributed by atoms with Crippen molar-refractivity contribution in [2.45, 2.75) is 58.8 Å². The Bertz CT molecular complexity index is 142. The Hall–Kier alpha value is -0.0400. The number of hydrogen-bond donors (Lipinski definition) is 1. The third-order valence-electron chi connectivity index (χ3n) is 4.15. The molecule has 0 aromatic rings. The summed E-state index contributed by atoms with van der Waals surface area (Å²) in [7, 11) is 2.11. The monoisotopic (exact) mass is 197 g/mol. The molecule has 1 atom stereocenters. The van der Waals surface area contributed by atoms with Gasteiger partial charge in [-0.1, -0.05) is 46.0 Å². The lowest BCUT2D eigenvalue weighted by molar-refractivity contribution is 0.100. The van der Waals surface area contributed by atoms with Crippen LogP contribution in [0.2, 0.25) is 0 Å². The summed E-state index contributed by atoms with van der Waals surface area (Å²) in [4.78, 5) is 0. The zero-order chi connectivity index (χ0) is 10.4. The molecule has 1 rings (SSSR count). The molecule has 0 aromatic heterocycles. The van der Waals surface area contributed by atoms with E-state index in [-0.39, 0.29) is 0 Å². The molecule has 1 heteroatoms. The second-order valence-electron chi connectivity index (χ2n) is 5.14. The van der Waals surface area contributed by atoms with Crippen LogP contribution in [-0.2, 0) is 0 Å². The molecule has 1 aliphatic carbocycles. The molecule has 1 nitrogen and oxygen atoms in total. The van der Waals surface area contributed by atoms with E-state index in [1.165, 1.54) is 51.5 Å². The van der Waals surface area contributed by atoms with Crippen LogP contribution in [0.25, 0.3) is 0 Å². The Morgan fingerprint density at radius 2 is 1.86 bits per heavy atom. The summed E-state index contributed by atoms with van der Waals surface area (Å²) >= 11 is 0. The highest BCUT2D eigenvalue weighted by molar-refractivity contribution is 4.88. The minimum absolute atomic E-state index is 0.628. The predicted octanol–water partition coefficient (Wildman–Crippen LogP) is 3.59. The first-order valence-electron chi connectivity index (χ1n) is 6.40. The van der Waals surface area contributed by atoms with Gasteiger partial charge in [-0.25, -0.2) is 0 Å². The molecule has 1 N–H and O–H groups in total. The van der Waals surface area contributed by atoms with Crippen LogP contribution in [0.4, 0.5) is 0 Å². The zero-order valence-electron chi connectivity index (χ0n) is 10.2. The third kappa shape index (κ3) is 2.73. The predicted molar refractivity (Wildman–Crippen MR) is 63.5 cm³/mol. The molecule has 0 radical (unpaired) electrons. The fourth-order valence-electron chi connectivity index (χ4n) is 3.19. The van der Waals surface area contributed by atoms with Crippen molar-refractivity contribution in [1.82, 2.24) is 5.32 Å². The smallest absolute Gasteiger partial charge is 0.000736 e. The van der Waals surface area contributed by atoms with Crippen LogP contribution < -0.4 is 5.32 Å². The summed E-state index contributed by atoms with van der Waals surface area (Å²) in [5.41, 5.74) is 0.628. The number of hydrogen-bond acceptors (Lipinski definition) is 1. The molecule has 0 aliphatic heterocycles. The van der Waals surface area contributed by atoms with Gasteiger partial charge in [-0.15, -0.1) is 0 Å². The average molecular weight is 197 g/mol. The van der Waals surface area contributed by atoms with E-state index in [4.69, 9.17) is 0 Å². The number of rotatable bonds is 5. The molecule has 0 amide bonds. The summed E-state index contributed by atoms with van der Waals surface area (Å²) in [6.45, 7) is 6.01. The lowest BCUT2D eigenvalue weighted by Crippen LogP contribution is -2.40. The molecule has 1 fully saturated rings. The van der Waals surface area contributed by atoms with Crippen molar-refractivity contribution < 1.29 is 0 Å². The molecule has 84 valence electrons. The molecular weight excluding hydrogens is 170 g/mol. The molecular formula is C13H27N. The van der Waals surface area contributed by atoms with Gasteiger partial charge in [0.2, 0.25) is 0 Å². The van der Waals surface area contributed by atoms with E-state index < -0.39 is 0 Å². The lowest BCUT2D eigenvalue weighted by Gasteiger charge is -2.42. The second-order valence-corrected chi connectivity index (χ2v) is 5.14. The van der Waals surface area contributed by atoms with E-state index in [2.05, 4.69) is 26.2 Å². The molecule has 0 aromatic carbocycles. The van der Waals surface area contributed by atoms with Crippen LogP contribution in [0, 0.1) is 11.3 Å². The van der Waals surface area contributed by atoms with Crippen molar-refractivity contribution in [3.63, 3.8) is 0 Å². The summed E-state index contributed by atoms with van der Waals surface area (Å²) in [5.74, 6) is 0.903. The minimum atomic E-state index is 0.628. The van der Waals surface area contributed by atoms with E-state index >= 15 is 0 Å². The Labute approximate surface area is 89.7 Å².